The van der Waals surface area contributed by atoms with Crippen molar-refractivity contribution in [2.24, 2.45) is 5.92 Å². The number of rotatable bonds is 3. The monoisotopic (exact) mass is 248 g/mol. The fourth-order valence-electron chi connectivity index (χ4n) is 2.46. The Bertz CT molecular complexity index is 196. The molecule has 0 bridgehead atoms. The van der Waals surface area contributed by atoms with Crippen LogP contribution in [0.3, 0.4) is 0 Å². The number of halogens is 1. The molecule has 1 saturated carbocycles. The van der Waals surface area contributed by atoms with Gasteiger partial charge in [-0.2, -0.15) is 0 Å². The molecule has 0 spiro atoms. The van der Waals surface area contributed by atoms with Crippen LogP contribution in [0.5, 0.6) is 0 Å². The average Bonchev–Trinajstić information content (AvgIpc) is 2.32. The number of hydrogen-bond donors (Lipinski definition) is 0. The summed E-state index contributed by atoms with van der Waals surface area (Å²) in [5.41, 5.74) is 0. The molecule has 1 aliphatic carbocycles. The summed E-state index contributed by atoms with van der Waals surface area (Å²) < 4.78 is 16.9. The summed E-state index contributed by atoms with van der Waals surface area (Å²) in [6.45, 7) is 4.05. The van der Waals surface area contributed by atoms with E-state index in [0.29, 0.717) is 24.5 Å². The maximum atomic E-state index is 6.08. The van der Waals surface area contributed by atoms with E-state index >= 15 is 0 Å². The highest BCUT2D eigenvalue weighted by Gasteiger charge is 2.32. The van der Waals surface area contributed by atoms with E-state index in [1.807, 2.05) is 6.92 Å². The van der Waals surface area contributed by atoms with Crippen LogP contribution in [-0.4, -0.2) is 37.6 Å². The molecule has 94 valence electrons. The van der Waals surface area contributed by atoms with Gasteiger partial charge in [-0.3, -0.25) is 0 Å². The predicted molar refractivity (Wildman–Crippen MR) is 62.7 cm³/mol. The quantitative estimate of drug-likeness (QED) is 0.719. The summed E-state index contributed by atoms with van der Waals surface area (Å²) >= 11 is 6.08. The Morgan fingerprint density at radius 3 is 2.31 bits per heavy atom. The second-order valence-corrected chi connectivity index (χ2v) is 5.24. The molecule has 2 rings (SSSR count). The van der Waals surface area contributed by atoms with Gasteiger partial charge in [0.1, 0.15) is 6.10 Å². The molecule has 2 aliphatic rings. The fourth-order valence-corrected chi connectivity index (χ4v) is 2.71. The van der Waals surface area contributed by atoms with Crippen molar-refractivity contribution in [3.63, 3.8) is 0 Å². The van der Waals surface area contributed by atoms with Gasteiger partial charge in [0.25, 0.3) is 0 Å². The third-order valence-electron chi connectivity index (χ3n) is 3.38. The first-order chi connectivity index (χ1) is 7.79. The molecule has 0 unspecified atom stereocenters. The molecule has 0 aromatic heterocycles. The molecule has 16 heavy (non-hydrogen) atoms. The van der Waals surface area contributed by atoms with Crippen molar-refractivity contribution >= 4 is 11.6 Å². The zero-order valence-corrected chi connectivity index (χ0v) is 10.6. The number of alkyl halides is 1. The fraction of sp³-hybridized carbons (Fsp3) is 1.00. The highest BCUT2D eigenvalue weighted by Crippen LogP contribution is 2.32. The van der Waals surface area contributed by atoms with Gasteiger partial charge in [-0.25, -0.2) is 0 Å². The zero-order chi connectivity index (χ0) is 11.4. The standard InChI is InChI=1S/C12H21ClO3/c1-2-14-11-7-15-12(16-8-11)9-3-5-10(13)6-4-9/h9-12H,2-8H2,1H3/t9?,10?,11-,12-. The molecule has 2 fully saturated rings. The van der Waals surface area contributed by atoms with Gasteiger partial charge < -0.3 is 14.2 Å². The molecule has 0 aromatic carbocycles. The zero-order valence-electron chi connectivity index (χ0n) is 9.86. The number of hydrogen-bond acceptors (Lipinski definition) is 3. The molecule has 1 saturated heterocycles. The first-order valence-corrected chi connectivity index (χ1v) is 6.72. The smallest absolute Gasteiger partial charge is 0.160 e. The largest absolute Gasteiger partial charge is 0.374 e. The molecule has 0 aromatic rings. The van der Waals surface area contributed by atoms with Crippen molar-refractivity contribution in [2.75, 3.05) is 19.8 Å². The Hall–Kier alpha value is 0.170. The minimum Gasteiger partial charge on any atom is -0.374 e. The Labute approximate surface area is 102 Å². The van der Waals surface area contributed by atoms with Gasteiger partial charge in [-0.15, -0.1) is 11.6 Å². The van der Waals surface area contributed by atoms with E-state index in [9.17, 15) is 0 Å². The topological polar surface area (TPSA) is 27.7 Å². The Morgan fingerprint density at radius 1 is 1.12 bits per heavy atom. The summed E-state index contributed by atoms with van der Waals surface area (Å²) in [5, 5.41) is 0.357. The molecular formula is C12H21ClO3. The van der Waals surface area contributed by atoms with E-state index in [1.54, 1.807) is 0 Å². The third-order valence-corrected chi connectivity index (χ3v) is 3.82. The van der Waals surface area contributed by atoms with E-state index in [1.165, 1.54) is 0 Å². The van der Waals surface area contributed by atoms with Crippen LogP contribution in [0.15, 0.2) is 0 Å². The maximum absolute atomic E-state index is 6.08. The van der Waals surface area contributed by atoms with E-state index in [0.717, 1.165) is 32.3 Å². The molecule has 0 N–H and O–H groups in total. The second-order valence-electron chi connectivity index (χ2n) is 4.62. The normalized spacial score (nSPS) is 40.9. The molecule has 0 radical (unpaired) electrons. The van der Waals surface area contributed by atoms with Gasteiger partial charge in [0.15, 0.2) is 6.29 Å². The third kappa shape index (κ3) is 3.33. The highest BCUT2D eigenvalue weighted by atomic mass is 35.5. The van der Waals surface area contributed by atoms with Crippen molar-refractivity contribution in [1.29, 1.82) is 0 Å². The Kier molecular flexibility index (Phi) is 4.89. The van der Waals surface area contributed by atoms with Crippen LogP contribution in [0.25, 0.3) is 0 Å². The van der Waals surface area contributed by atoms with Gasteiger partial charge in [0.2, 0.25) is 0 Å². The Morgan fingerprint density at radius 2 is 1.75 bits per heavy atom. The Balaban J connectivity index is 1.72. The minimum atomic E-state index is -0.0270. The lowest BCUT2D eigenvalue weighted by molar-refractivity contribution is -0.248. The van der Waals surface area contributed by atoms with Crippen LogP contribution < -0.4 is 0 Å². The predicted octanol–water partition coefficient (Wildman–Crippen LogP) is 2.56. The van der Waals surface area contributed by atoms with E-state index in [4.69, 9.17) is 25.8 Å². The highest BCUT2D eigenvalue weighted by molar-refractivity contribution is 6.20. The van der Waals surface area contributed by atoms with Crippen LogP contribution in [-0.2, 0) is 14.2 Å². The van der Waals surface area contributed by atoms with Crippen LogP contribution in [0, 0.1) is 5.92 Å². The van der Waals surface area contributed by atoms with E-state index in [-0.39, 0.29) is 12.4 Å². The summed E-state index contributed by atoms with van der Waals surface area (Å²) in [6.07, 6.45) is 4.51. The van der Waals surface area contributed by atoms with Crippen LogP contribution in [0.1, 0.15) is 32.6 Å². The van der Waals surface area contributed by atoms with Crippen molar-refractivity contribution in [3.8, 4) is 0 Å². The van der Waals surface area contributed by atoms with Gasteiger partial charge in [0.05, 0.1) is 13.2 Å². The van der Waals surface area contributed by atoms with Crippen molar-refractivity contribution < 1.29 is 14.2 Å². The van der Waals surface area contributed by atoms with Gasteiger partial charge in [0, 0.05) is 17.9 Å². The lowest BCUT2D eigenvalue weighted by Crippen LogP contribution is -2.42. The van der Waals surface area contributed by atoms with E-state index in [2.05, 4.69) is 0 Å². The lowest BCUT2D eigenvalue weighted by atomic mass is 9.88. The van der Waals surface area contributed by atoms with Crippen molar-refractivity contribution in [3.05, 3.63) is 0 Å². The van der Waals surface area contributed by atoms with Crippen molar-refractivity contribution in [1.82, 2.24) is 0 Å². The molecule has 3 nitrogen and oxygen atoms in total. The average molecular weight is 249 g/mol. The lowest BCUT2D eigenvalue weighted by Gasteiger charge is -2.36. The second kappa shape index (κ2) is 6.20. The SMILES string of the molecule is CCO[C@H]1CO[C@H](C2CCC(Cl)CC2)OC1. The first kappa shape index (κ1) is 12.6. The van der Waals surface area contributed by atoms with Gasteiger partial charge in [-0.05, 0) is 32.6 Å². The van der Waals surface area contributed by atoms with Crippen LogP contribution >= 0.6 is 11.6 Å². The maximum Gasteiger partial charge on any atom is 0.160 e. The molecule has 4 heteroatoms. The van der Waals surface area contributed by atoms with Gasteiger partial charge >= 0.3 is 0 Å². The molecule has 0 amide bonds. The summed E-state index contributed by atoms with van der Waals surface area (Å²) in [4.78, 5) is 0. The summed E-state index contributed by atoms with van der Waals surface area (Å²) in [7, 11) is 0. The molecule has 0 atom stereocenters. The summed E-state index contributed by atoms with van der Waals surface area (Å²) in [5.74, 6) is 0.526. The minimum absolute atomic E-state index is 0.0270. The first-order valence-electron chi connectivity index (χ1n) is 6.28. The van der Waals surface area contributed by atoms with Gasteiger partial charge in [-0.1, -0.05) is 0 Å². The molecule has 1 aliphatic heterocycles. The summed E-state index contributed by atoms with van der Waals surface area (Å²) in [6, 6.07) is 0. The van der Waals surface area contributed by atoms with Crippen molar-refractivity contribution in [2.45, 2.75) is 50.4 Å². The van der Waals surface area contributed by atoms with E-state index < -0.39 is 0 Å². The van der Waals surface area contributed by atoms with Crippen LogP contribution in [0.2, 0.25) is 0 Å². The number of ether oxygens (including phenoxy) is 3. The molecule has 1 heterocycles. The van der Waals surface area contributed by atoms with Crippen LogP contribution in [0.4, 0.5) is 0 Å². The molecular weight excluding hydrogens is 228 g/mol.